The van der Waals surface area contributed by atoms with Crippen molar-refractivity contribution in [2.75, 3.05) is 0 Å². The Morgan fingerprint density at radius 2 is 0.400 bits per heavy atom. The van der Waals surface area contributed by atoms with Crippen molar-refractivity contribution in [3.05, 3.63) is 232 Å². The molecule has 0 saturated carbocycles. The van der Waals surface area contributed by atoms with Crippen LogP contribution in [0.1, 0.15) is 0 Å². The zero-order chi connectivity index (χ0) is 40.1. The minimum Gasteiger partial charge on any atom is -0.265 e. The molecule has 0 aliphatic rings. The van der Waals surface area contributed by atoms with E-state index in [4.69, 9.17) is 0 Å². The van der Waals surface area contributed by atoms with E-state index in [2.05, 4.69) is 184 Å². The van der Waals surface area contributed by atoms with E-state index < -0.39 is 0 Å². The first kappa shape index (κ1) is 36.3. The smallest absolute Gasteiger partial charge is 0.0346 e. The third kappa shape index (κ3) is 7.78. The summed E-state index contributed by atoms with van der Waals surface area (Å²) in [7, 11) is 0. The van der Waals surface area contributed by atoms with Crippen LogP contribution in [-0.2, 0) is 0 Å². The van der Waals surface area contributed by atoms with Crippen molar-refractivity contribution in [1.29, 1.82) is 0 Å². The molecule has 0 saturated heterocycles. The maximum Gasteiger partial charge on any atom is 0.0346 e. The first-order valence-electron chi connectivity index (χ1n) is 20.0. The number of rotatable bonds is 9. The molecule has 4 heterocycles. The minimum absolute atomic E-state index is 1.08. The highest BCUT2D eigenvalue weighted by Gasteiger charge is 2.14. The molecular formula is C56H38N4. The summed E-state index contributed by atoms with van der Waals surface area (Å²) in [5, 5.41) is 0. The van der Waals surface area contributed by atoms with Crippen molar-refractivity contribution in [1.82, 2.24) is 19.9 Å². The molecule has 282 valence electrons. The minimum atomic E-state index is 1.08. The molecule has 10 rings (SSSR count). The molecule has 4 nitrogen and oxygen atoms in total. The zero-order valence-electron chi connectivity index (χ0n) is 32.7. The van der Waals surface area contributed by atoms with Gasteiger partial charge in [0.1, 0.15) is 0 Å². The first-order chi connectivity index (χ1) is 29.7. The van der Waals surface area contributed by atoms with Crippen LogP contribution in [-0.4, -0.2) is 19.9 Å². The second-order valence-corrected chi connectivity index (χ2v) is 14.9. The highest BCUT2D eigenvalue weighted by atomic mass is 14.6. The predicted octanol–water partition coefficient (Wildman–Crippen LogP) is 14.3. The summed E-state index contributed by atoms with van der Waals surface area (Å²) in [6, 6.07) is 65.4. The molecule has 0 radical (unpaired) electrons. The van der Waals surface area contributed by atoms with Crippen molar-refractivity contribution in [2.24, 2.45) is 0 Å². The van der Waals surface area contributed by atoms with Gasteiger partial charge in [-0.2, -0.15) is 0 Å². The molecule has 0 bridgehead atoms. The van der Waals surface area contributed by atoms with Crippen LogP contribution >= 0.6 is 0 Å². The third-order valence-corrected chi connectivity index (χ3v) is 11.0. The second kappa shape index (κ2) is 16.4. The second-order valence-electron chi connectivity index (χ2n) is 14.9. The van der Waals surface area contributed by atoms with Gasteiger partial charge in [-0.05, 0) is 174 Å². The molecule has 0 spiro atoms. The Hall–Kier alpha value is -8.08. The van der Waals surface area contributed by atoms with Crippen molar-refractivity contribution in [2.45, 2.75) is 0 Å². The Morgan fingerprint density at radius 3 is 0.683 bits per heavy atom. The first-order valence-corrected chi connectivity index (χ1v) is 20.0. The van der Waals surface area contributed by atoms with Gasteiger partial charge in [0, 0.05) is 66.3 Å². The lowest BCUT2D eigenvalue weighted by atomic mass is 9.88. The summed E-state index contributed by atoms with van der Waals surface area (Å²) in [5.74, 6) is 0. The maximum atomic E-state index is 4.41. The van der Waals surface area contributed by atoms with E-state index in [0.29, 0.717) is 0 Å². The molecule has 0 unspecified atom stereocenters. The largest absolute Gasteiger partial charge is 0.265 e. The average Bonchev–Trinajstić information content (AvgIpc) is 3.35. The molecule has 4 heteroatoms. The van der Waals surface area contributed by atoms with Gasteiger partial charge in [-0.3, -0.25) is 19.9 Å². The van der Waals surface area contributed by atoms with Crippen molar-refractivity contribution >= 4 is 0 Å². The molecule has 0 atom stereocenters. The molecule has 0 fully saturated rings. The number of pyridine rings is 4. The number of aromatic nitrogens is 4. The quantitative estimate of drug-likeness (QED) is 0.147. The monoisotopic (exact) mass is 766 g/mol. The number of hydrogen-bond donors (Lipinski definition) is 0. The lowest BCUT2D eigenvalue weighted by Crippen LogP contribution is -1.90. The van der Waals surface area contributed by atoms with Crippen LogP contribution in [0, 0.1) is 0 Å². The summed E-state index contributed by atoms with van der Waals surface area (Å²) >= 11 is 0. The van der Waals surface area contributed by atoms with Crippen molar-refractivity contribution in [3.8, 4) is 100 Å². The average molecular weight is 767 g/mol. The van der Waals surface area contributed by atoms with E-state index >= 15 is 0 Å². The van der Waals surface area contributed by atoms with Gasteiger partial charge in [-0.25, -0.2) is 0 Å². The predicted molar refractivity (Wildman–Crippen MR) is 247 cm³/mol. The van der Waals surface area contributed by atoms with E-state index in [1.54, 1.807) is 0 Å². The lowest BCUT2D eigenvalue weighted by molar-refractivity contribution is 1.33. The van der Waals surface area contributed by atoms with Gasteiger partial charge in [-0.1, -0.05) is 91.0 Å². The van der Waals surface area contributed by atoms with Gasteiger partial charge in [0.15, 0.2) is 0 Å². The maximum absolute atomic E-state index is 4.41. The van der Waals surface area contributed by atoms with Crippen molar-refractivity contribution in [3.63, 3.8) is 0 Å². The molecule has 0 aliphatic heterocycles. The Bertz CT molecular complexity index is 2660. The molecule has 0 amide bonds. The summed E-state index contributed by atoms with van der Waals surface area (Å²) < 4.78 is 0. The molecule has 0 aliphatic carbocycles. The van der Waals surface area contributed by atoms with E-state index in [0.717, 1.165) is 100 Å². The number of hydrogen-bond acceptors (Lipinski definition) is 4. The topological polar surface area (TPSA) is 51.6 Å². The lowest BCUT2D eigenvalue weighted by Gasteiger charge is -2.16. The van der Waals surface area contributed by atoms with Crippen molar-refractivity contribution < 1.29 is 0 Å². The number of nitrogens with zero attached hydrogens (tertiary/aromatic N) is 4. The summed E-state index contributed by atoms with van der Waals surface area (Å²) in [6.45, 7) is 0. The zero-order valence-corrected chi connectivity index (χ0v) is 32.7. The third-order valence-electron chi connectivity index (χ3n) is 11.0. The fraction of sp³-hybridized carbons (Fsp3) is 0. The van der Waals surface area contributed by atoms with Crippen LogP contribution in [0.2, 0.25) is 0 Å². The van der Waals surface area contributed by atoms with E-state index in [9.17, 15) is 0 Å². The Labute approximate surface area is 350 Å². The normalized spacial score (nSPS) is 11.0. The summed E-state index contributed by atoms with van der Waals surface area (Å²) in [6.07, 6.45) is 14.9. The van der Waals surface area contributed by atoms with Gasteiger partial charge >= 0.3 is 0 Å². The molecule has 0 N–H and O–H groups in total. The highest BCUT2D eigenvalue weighted by Crippen LogP contribution is 2.40. The Morgan fingerprint density at radius 1 is 0.167 bits per heavy atom. The Kier molecular flexibility index (Phi) is 9.92. The van der Waals surface area contributed by atoms with Crippen LogP contribution in [0.15, 0.2) is 232 Å². The SMILES string of the molecule is c1cncc(-c2cccc(-c3cc(-c4cccc(-c5ccncc5)c4)cc(-c4cc(-c5cccc(-c6cccnc6)c5)cc(-c5cccc(-c6cccnc6)c5)c4)c3)c2)c1. The van der Waals surface area contributed by atoms with E-state index in [1.165, 1.54) is 0 Å². The summed E-state index contributed by atoms with van der Waals surface area (Å²) in [5.41, 5.74) is 20.2. The molecule has 4 aromatic heterocycles. The van der Waals surface area contributed by atoms with Gasteiger partial charge < -0.3 is 0 Å². The van der Waals surface area contributed by atoms with Gasteiger partial charge in [0.05, 0.1) is 0 Å². The van der Waals surface area contributed by atoms with Crippen LogP contribution in [0.25, 0.3) is 100 Å². The Balaban J connectivity index is 1.17. The molecular weight excluding hydrogens is 729 g/mol. The van der Waals surface area contributed by atoms with Crippen LogP contribution < -0.4 is 0 Å². The highest BCUT2D eigenvalue weighted by molar-refractivity contribution is 5.88. The van der Waals surface area contributed by atoms with Gasteiger partial charge in [0.25, 0.3) is 0 Å². The molecule has 6 aromatic carbocycles. The van der Waals surface area contributed by atoms with E-state index in [1.807, 2.05) is 67.8 Å². The molecule has 60 heavy (non-hydrogen) atoms. The van der Waals surface area contributed by atoms with Crippen LogP contribution in [0.5, 0.6) is 0 Å². The standard InChI is InChI=1S/C56H38N4/c1-8-40(39-19-24-57-25-20-39)26-44(12-1)51-30-52(45-13-2-9-41(27-45)48-16-5-21-58-36-48)33-55(32-51)56-34-53(46-14-3-10-42(28-46)49-17-6-22-59-37-49)31-54(35-56)47-15-4-11-43(29-47)50-18-7-23-60-38-50/h1-38H. The molecule has 10 aromatic rings. The summed E-state index contributed by atoms with van der Waals surface area (Å²) in [4.78, 5) is 17.5. The number of benzene rings is 6. The van der Waals surface area contributed by atoms with E-state index in [-0.39, 0.29) is 0 Å². The van der Waals surface area contributed by atoms with Crippen LogP contribution in [0.3, 0.4) is 0 Å². The fourth-order valence-electron chi connectivity index (χ4n) is 7.91. The van der Waals surface area contributed by atoms with Gasteiger partial charge in [0.2, 0.25) is 0 Å². The fourth-order valence-corrected chi connectivity index (χ4v) is 7.91. The van der Waals surface area contributed by atoms with Crippen LogP contribution in [0.4, 0.5) is 0 Å². The van der Waals surface area contributed by atoms with Gasteiger partial charge in [-0.15, -0.1) is 0 Å².